The van der Waals surface area contributed by atoms with Crippen LogP contribution in [0.25, 0.3) is 0 Å². The molecule has 1 aromatic heterocycles. The Bertz CT molecular complexity index is 478. The van der Waals surface area contributed by atoms with E-state index in [1.54, 1.807) is 6.07 Å². The van der Waals surface area contributed by atoms with Crippen molar-refractivity contribution in [2.45, 2.75) is 26.1 Å². The molecule has 0 bridgehead atoms. The summed E-state index contributed by atoms with van der Waals surface area (Å²) < 4.78 is 64.9. The van der Waals surface area contributed by atoms with Crippen molar-refractivity contribution < 1.29 is 26.7 Å². The fraction of sp³-hybridized carbons (Fsp3) is 0.400. The van der Waals surface area contributed by atoms with E-state index >= 15 is 0 Å². The molecule has 18 heavy (non-hydrogen) atoms. The molecule has 1 aromatic rings. The molecule has 0 aliphatic rings. The van der Waals surface area contributed by atoms with Gasteiger partial charge in [0.1, 0.15) is 0 Å². The van der Waals surface area contributed by atoms with Crippen LogP contribution in [-0.2, 0) is 6.42 Å². The number of pyridine rings is 1. The van der Waals surface area contributed by atoms with Crippen LogP contribution in [-0.4, -0.2) is 11.3 Å². The molecule has 0 N–H and O–H groups in total. The zero-order valence-corrected chi connectivity index (χ0v) is 9.05. The molecule has 0 amide bonds. The summed E-state index contributed by atoms with van der Waals surface area (Å²) in [5, 5.41) is 8.45. The van der Waals surface area contributed by atoms with Gasteiger partial charge in [-0.15, -0.1) is 13.2 Å². The van der Waals surface area contributed by atoms with Crippen LogP contribution in [0, 0.1) is 18.3 Å². The summed E-state index contributed by atoms with van der Waals surface area (Å²) in [4.78, 5) is 3.19. The highest BCUT2D eigenvalue weighted by atomic mass is 19.4. The standard InChI is InChI=1S/C10H7F5N2O/c1-5-6(2-3-16)4-17-9(7(5)8(11)12)18-10(13,14)15/h4,8H,2H2,1H3. The summed E-state index contributed by atoms with van der Waals surface area (Å²) in [7, 11) is 0. The number of alkyl halides is 5. The first kappa shape index (κ1) is 14.2. The third kappa shape index (κ3) is 3.29. The Morgan fingerprint density at radius 1 is 1.44 bits per heavy atom. The van der Waals surface area contributed by atoms with Gasteiger partial charge in [0.25, 0.3) is 6.43 Å². The quantitative estimate of drug-likeness (QED) is 0.788. The topological polar surface area (TPSA) is 45.9 Å². The minimum Gasteiger partial charge on any atom is -0.387 e. The average molecular weight is 266 g/mol. The fourth-order valence-electron chi connectivity index (χ4n) is 1.35. The fourth-order valence-corrected chi connectivity index (χ4v) is 1.35. The molecular formula is C10H7F5N2O. The van der Waals surface area contributed by atoms with Crippen molar-refractivity contribution in [1.82, 2.24) is 4.98 Å². The first-order valence-corrected chi connectivity index (χ1v) is 4.65. The van der Waals surface area contributed by atoms with Crippen LogP contribution in [0.15, 0.2) is 6.20 Å². The second-order valence-corrected chi connectivity index (χ2v) is 3.31. The van der Waals surface area contributed by atoms with Crippen molar-refractivity contribution in [3.05, 3.63) is 22.9 Å². The summed E-state index contributed by atoms with van der Waals surface area (Å²) in [6.45, 7) is 1.19. The van der Waals surface area contributed by atoms with Crippen LogP contribution in [0.5, 0.6) is 5.88 Å². The lowest BCUT2D eigenvalue weighted by Crippen LogP contribution is -2.20. The Labute approximate surface area is 98.8 Å². The monoisotopic (exact) mass is 266 g/mol. The Balaban J connectivity index is 3.29. The van der Waals surface area contributed by atoms with Gasteiger partial charge in [-0.3, -0.25) is 0 Å². The van der Waals surface area contributed by atoms with Crippen LogP contribution in [0.3, 0.4) is 0 Å². The normalized spacial score (nSPS) is 11.4. The van der Waals surface area contributed by atoms with Crippen molar-refractivity contribution in [3.63, 3.8) is 0 Å². The van der Waals surface area contributed by atoms with Gasteiger partial charge < -0.3 is 4.74 Å². The van der Waals surface area contributed by atoms with Crippen molar-refractivity contribution >= 4 is 0 Å². The first-order chi connectivity index (χ1) is 8.26. The highest BCUT2D eigenvalue weighted by molar-refractivity contribution is 5.41. The van der Waals surface area contributed by atoms with Gasteiger partial charge in [-0.25, -0.2) is 13.8 Å². The van der Waals surface area contributed by atoms with E-state index in [2.05, 4.69) is 9.72 Å². The number of ether oxygens (including phenoxy) is 1. The molecule has 1 heterocycles. The maximum absolute atomic E-state index is 12.7. The number of hydrogen-bond acceptors (Lipinski definition) is 3. The molecule has 0 atom stereocenters. The number of halogens is 5. The molecule has 3 nitrogen and oxygen atoms in total. The predicted molar refractivity (Wildman–Crippen MR) is 49.9 cm³/mol. The van der Waals surface area contributed by atoms with E-state index in [0.29, 0.717) is 0 Å². The molecule has 0 aromatic carbocycles. The Morgan fingerprint density at radius 3 is 2.50 bits per heavy atom. The van der Waals surface area contributed by atoms with Crippen LogP contribution in [0.2, 0.25) is 0 Å². The van der Waals surface area contributed by atoms with Gasteiger partial charge in [-0.05, 0) is 18.1 Å². The molecule has 0 saturated heterocycles. The second kappa shape index (κ2) is 5.16. The molecule has 8 heteroatoms. The average Bonchev–Trinajstić information content (AvgIpc) is 2.19. The summed E-state index contributed by atoms with van der Waals surface area (Å²) in [5.74, 6) is -1.18. The maximum atomic E-state index is 12.7. The number of nitriles is 1. The number of nitrogens with zero attached hydrogens (tertiary/aromatic N) is 2. The number of hydrogen-bond donors (Lipinski definition) is 0. The molecule has 0 fully saturated rings. The van der Waals surface area contributed by atoms with Gasteiger partial charge >= 0.3 is 6.36 Å². The number of rotatable bonds is 3. The highest BCUT2D eigenvalue weighted by Crippen LogP contribution is 2.34. The van der Waals surface area contributed by atoms with Gasteiger partial charge in [-0.2, -0.15) is 5.26 Å². The van der Waals surface area contributed by atoms with Crippen molar-refractivity contribution in [2.75, 3.05) is 0 Å². The van der Waals surface area contributed by atoms with Gasteiger partial charge in [0.15, 0.2) is 0 Å². The largest absolute Gasteiger partial charge is 0.574 e. The van der Waals surface area contributed by atoms with E-state index in [0.717, 1.165) is 6.20 Å². The summed E-state index contributed by atoms with van der Waals surface area (Å²) in [5.41, 5.74) is -0.928. The van der Waals surface area contributed by atoms with Crippen LogP contribution in [0.4, 0.5) is 22.0 Å². The first-order valence-electron chi connectivity index (χ1n) is 4.65. The van der Waals surface area contributed by atoms with Crippen LogP contribution in [0.1, 0.15) is 23.1 Å². The Kier molecular flexibility index (Phi) is 4.06. The summed E-state index contributed by atoms with van der Waals surface area (Å²) in [6, 6.07) is 1.71. The molecule has 0 unspecified atom stereocenters. The molecule has 0 aliphatic heterocycles. The Hall–Kier alpha value is -1.91. The molecule has 0 aliphatic carbocycles. The third-order valence-electron chi connectivity index (χ3n) is 2.15. The molecule has 1 rings (SSSR count). The van der Waals surface area contributed by atoms with Gasteiger partial charge in [-0.1, -0.05) is 0 Å². The number of aromatic nitrogens is 1. The SMILES string of the molecule is Cc1c(CC#N)cnc(OC(F)(F)F)c1C(F)F. The minimum atomic E-state index is -5.10. The zero-order valence-electron chi connectivity index (χ0n) is 9.05. The predicted octanol–water partition coefficient (Wildman–Crippen LogP) is 3.29. The Morgan fingerprint density at radius 2 is 2.06 bits per heavy atom. The van der Waals surface area contributed by atoms with Crippen molar-refractivity contribution in [3.8, 4) is 11.9 Å². The second-order valence-electron chi connectivity index (χ2n) is 3.31. The molecule has 0 saturated carbocycles. The maximum Gasteiger partial charge on any atom is 0.574 e. The van der Waals surface area contributed by atoms with Gasteiger partial charge in [0.2, 0.25) is 5.88 Å². The van der Waals surface area contributed by atoms with Crippen LogP contribution < -0.4 is 4.74 Å². The van der Waals surface area contributed by atoms with Crippen LogP contribution >= 0.6 is 0 Å². The molecule has 0 radical (unpaired) electrons. The zero-order chi connectivity index (χ0) is 13.9. The van der Waals surface area contributed by atoms with E-state index in [9.17, 15) is 22.0 Å². The lowest BCUT2D eigenvalue weighted by molar-refractivity contribution is -0.276. The minimum absolute atomic E-state index is 0.124. The van der Waals surface area contributed by atoms with E-state index < -0.39 is 24.2 Å². The molecule has 0 spiro atoms. The van der Waals surface area contributed by atoms with Crippen molar-refractivity contribution in [2.24, 2.45) is 0 Å². The molecule has 98 valence electrons. The van der Waals surface area contributed by atoms with Crippen molar-refractivity contribution in [1.29, 1.82) is 5.26 Å². The highest BCUT2D eigenvalue weighted by Gasteiger charge is 2.35. The van der Waals surface area contributed by atoms with E-state index in [1.807, 2.05) is 0 Å². The third-order valence-corrected chi connectivity index (χ3v) is 2.15. The summed E-state index contributed by atoms with van der Waals surface area (Å²) >= 11 is 0. The van der Waals surface area contributed by atoms with Gasteiger partial charge in [0.05, 0.1) is 18.1 Å². The summed E-state index contributed by atoms with van der Waals surface area (Å²) in [6.07, 6.45) is -7.57. The van der Waals surface area contributed by atoms with E-state index in [4.69, 9.17) is 5.26 Å². The lowest BCUT2D eigenvalue weighted by atomic mass is 10.0. The van der Waals surface area contributed by atoms with E-state index in [-0.39, 0.29) is 17.5 Å². The smallest absolute Gasteiger partial charge is 0.387 e. The van der Waals surface area contributed by atoms with E-state index in [1.165, 1.54) is 6.92 Å². The van der Waals surface area contributed by atoms with Gasteiger partial charge in [0, 0.05) is 6.20 Å². The lowest BCUT2D eigenvalue weighted by Gasteiger charge is -2.15. The molecular weight excluding hydrogens is 259 g/mol.